The molecule has 0 aliphatic carbocycles. The van der Waals surface area contributed by atoms with E-state index in [1.54, 1.807) is 0 Å². The first-order valence-corrected chi connectivity index (χ1v) is 3.83. The molecule has 0 aliphatic rings. The SMILES string of the molecule is CC(C)(S)c1ccccc1.[NaH]. The molecule has 2 heteroatoms. The van der Waals surface area contributed by atoms with Crippen LogP contribution in [0.15, 0.2) is 30.3 Å². The molecule has 0 heterocycles. The summed E-state index contributed by atoms with van der Waals surface area (Å²) in [7, 11) is 0. The van der Waals surface area contributed by atoms with Crippen LogP contribution in [0.1, 0.15) is 19.4 Å². The number of benzene rings is 1. The van der Waals surface area contributed by atoms with Gasteiger partial charge in [-0.3, -0.25) is 0 Å². The van der Waals surface area contributed by atoms with Crippen molar-refractivity contribution in [3.05, 3.63) is 35.9 Å². The normalized spacial score (nSPS) is 10.5. The molecule has 0 unspecified atom stereocenters. The van der Waals surface area contributed by atoms with Gasteiger partial charge in [-0.25, -0.2) is 0 Å². The third-order valence-corrected chi connectivity index (χ3v) is 1.74. The van der Waals surface area contributed by atoms with Crippen LogP contribution in [-0.2, 0) is 4.75 Å². The average molecular weight is 176 g/mol. The topological polar surface area (TPSA) is 0 Å². The standard InChI is InChI=1S/C9H12S.Na.H/c1-9(2,10)8-6-4-3-5-7-8;;/h3-7,10H,1-2H3;;. The van der Waals surface area contributed by atoms with Gasteiger partial charge in [0.05, 0.1) is 0 Å². The molecule has 1 rings (SSSR count). The summed E-state index contributed by atoms with van der Waals surface area (Å²) in [6.07, 6.45) is 0. The Kier molecular flexibility index (Phi) is 4.80. The maximum atomic E-state index is 4.44. The summed E-state index contributed by atoms with van der Waals surface area (Å²) in [6.45, 7) is 4.18. The summed E-state index contributed by atoms with van der Waals surface area (Å²) >= 11 is 4.44. The number of rotatable bonds is 1. The summed E-state index contributed by atoms with van der Waals surface area (Å²) in [5.74, 6) is 0. The van der Waals surface area contributed by atoms with E-state index in [4.69, 9.17) is 0 Å². The van der Waals surface area contributed by atoms with E-state index in [9.17, 15) is 0 Å². The Balaban J connectivity index is 0.000001000. The van der Waals surface area contributed by atoms with Gasteiger partial charge in [0.2, 0.25) is 0 Å². The molecule has 0 spiro atoms. The zero-order chi connectivity index (χ0) is 7.61. The Labute approximate surface area is 96.1 Å². The summed E-state index contributed by atoms with van der Waals surface area (Å²) < 4.78 is -0.0126. The molecule has 0 amide bonds. The first kappa shape index (κ1) is 11.6. The predicted molar refractivity (Wildman–Crippen MR) is 55.6 cm³/mol. The molecule has 0 bridgehead atoms. The van der Waals surface area contributed by atoms with Gasteiger partial charge in [0, 0.05) is 4.75 Å². The van der Waals surface area contributed by atoms with Crippen molar-refractivity contribution in [3.8, 4) is 0 Å². The molecule has 0 saturated carbocycles. The van der Waals surface area contributed by atoms with Crippen molar-refractivity contribution in [2.45, 2.75) is 18.6 Å². The fourth-order valence-electron chi connectivity index (χ4n) is 0.846. The van der Waals surface area contributed by atoms with Crippen molar-refractivity contribution in [2.24, 2.45) is 0 Å². The van der Waals surface area contributed by atoms with E-state index < -0.39 is 0 Å². The average Bonchev–Trinajstić information content (AvgIpc) is 1.88. The summed E-state index contributed by atoms with van der Waals surface area (Å²) in [4.78, 5) is 0. The predicted octanol–water partition coefficient (Wildman–Crippen LogP) is 2.20. The van der Waals surface area contributed by atoms with E-state index in [-0.39, 0.29) is 34.3 Å². The molecule has 56 valence electrons. The molecule has 0 aliphatic heterocycles. The van der Waals surface area contributed by atoms with Gasteiger partial charge in [-0.2, -0.15) is 12.6 Å². The molecule has 1 aromatic rings. The zero-order valence-electron chi connectivity index (χ0n) is 6.33. The molecule has 0 atom stereocenters. The van der Waals surface area contributed by atoms with E-state index in [2.05, 4.69) is 38.6 Å². The summed E-state index contributed by atoms with van der Waals surface area (Å²) in [5.41, 5.74) is 1.26. The Hall–Kier alpha value is 0.570. The maximum absolute atomic E-state index is 4.44. The fraction of sp³-hybridized carbons (Fsp3) is 0.333. The van der Waals surface area contributed by atoms with Crippen LogP contribution in [-0.4, -0.2) is 29.6 Å². The van der Waals surface area contributed by atoms with E-state index in [0.717, 1.165) is 0 Å². The Morgan fingerprint density at radius 1 is 1.09 bits per heavy atom. The van der Waals surface area contributed by atoms with E-state index in [0.29, 0.717) is 0 Å². The zero-order valence-corrected chi connectivity index (χ0v) is 7.23. The number of hydrogen-bond acceptors (Lipinski definition) is 1. The van der Waals surface area contributed by atoms with Crippen LogP contribution in [0.5, 0.6) is 0 Å². The van der Waals surface area contributed by atoms with Crippen LogP contribution in [0.4, 0.5) is 0 Å². The molecule has 0 aromatic heterocycles. The fourth-order valence-corrected chi connectivity index (χ4v) is 0.995. The molecular weight excluding hydrogens is 163 g/mol. The molecule has 0 saturated heterocycles. The Bertz CT molecular complexity index is 201. The van der Waals surface area contributed by atoms with Crippen LogP contribution in [0.3, 0.4) is 0 Å². The summed E-state index contributed by atoms with van der Waals surface area (Å²) in [5, 5.41) is 0. The van der Waals surface area contributed by atoms with Gasteiger partial charge in [0.25, 0.3) is 0 Å². The molecule has 0 fully saturated rings. The van der Waals surface area contributed by atoms with Crippen molar-refractivity contribution < 1.29 is 0 Å². The van der Waals surface area contributed by atoms with Crippen LogP contribution in [0.2, 0.25) is 0 Å². The third kappa shape index (κ3) is 3.66. The van der Waals surface area contributed by atoms with E-state index in [1.165, 1.54) is 5.56 Å². The molecule has 11 heavy (non-hydrogen) atoms. The van der Waals surface area contributed by atoms with Crippen molar-refractivity contribution in [1.82, 2.24) is 0 Å². The summed E-state index contributed by atoms with van der Waals surface area (Å²) in [6, 6.07) is 10.3. The second-order valence-electron chi connectivity index (χ2n) is 2.93. The van der Waals surface area contributed by atoms with Crippen LogP contribution in [0, 0.1) is 0 Å². The Morgan fingerprint density at radius 2 is 1.55 bits per heavy atom. The first-order valence-electron chi connectivity index (χ1n) is 3.38. The minimum atomic E-state index is -0.0126. The number of hydrogen-bond donors (Lipinski definition) is 1. The van der Waals surface area contributed by atoms with Crippen molar-refractivity contribution >= 4 is 42.2 Å². The molecule has 0 nitrogen and oxygen atoms in total. The quantitative estimate of drug-likeness (QED) is 0.492. The monoisotopic (exact) mass is 176 g/mol. The van der Waals surface area contributed by atoms with Gasteiger partial charge < -0.3 is 0 Å². The van der Waals surface area contributed by atoms with E-state index >= 15 is 0 Å². The molecule has 0 radical (unpaired) electrons. The van der Waals surface area contributed by atoms with Gasteiger partial charge in [0.1, 0.15) is 0 Å². The van der Waals surface area contributed by atoms with Crippen LogP contribution < -0.4 is 0 Å². The van der Waals surface area contributed by atoms with Crippen LogP contribution in [0.25, 0.3) is 0 Å². The van der Waals surface area contributed by atoms with E-state index in [1.807, 2.05) is 18.2 Å². The van der Waals surface area contributed by atoms with Crippen molar-refractivity contribution in [1.29, 1.82) is 0 Å². The van der Waals surface area contributed by atoms with Crippen LogP contribution >= 0.6 is 12.6 Å². The second kappa shape index (κ2) is 4.56. The first-order chi connectivity index (χ1) is 4.61. The van der Waals surface area contributed by atoms with Crippen molar-refractivity contribution in [2.75, 3.05) is 0 Å². The van der Waals surface area contributed by atoms with Gasteiger partial charge in [-0.1, -0.05) is 30.3 Å². The van der Waals surface area contributed by atoms with Gasteiger partial charge in [-0.15, -0.1) is 0 Å². The van der Waals surface area contributed by atoms with Gasteiger partial charge >= 0.3 is 29.6 Å². The van der Waals surface area contributed by atoms with Gasteiger partial charge in [-0.05, 0) is 19.4 Å². The van der Waals surface area contributed by atoms with Gasteiger partial charge in [0.15, 0.2) is 0 Å². The molecular formula is C9H13NaS. The minimum absolute atomic E-state index is 0. The molecule has 0 N–H and O–H groups in total. The Morgan fingerprint density at radius 3 is 1.82 bits per heavy atom. The number of thiol groups is 1. The molecule has 1 aromatic carbocycles. The van der Waals surface area contributed by atoms with Crippen molar-refractivity contribution in [3.63, 3.8) is 0 Å². The second-order valence-corrected chi connectivity index (χ2v) is 4.04. The third-order valence-electron chi connectivity index (χ3n) is 1.48.